The van der Waals surface area contributed by atoms with Crippen LogP contribution >= 0.6 is 0 Å². The molecule has 1 atom stereocenters. The van der Waals surface area contributed by atoms with Crippen LogP contribution in [0.15, 0.2) is 46.9 Å². The average molecular weight is 392 g/mol. The monoisotopic (exact) mass is 392 g/mol. The van der Waals surface area contributed by atoms with E-state index in [2.05, 4.69) is 9.64 Å². The summed E-state index contributed by atoms with van der Waals surface area (Å²) in [5.41, 5.74) is 0.791. The lowest BCUT2D eigenvalue weighted by molar-refractivity contribution is 0.0556. The number of piperazine rings is 1. The predicted octanol–water partition coefficient (Wildman–Crippen LogP) is 2.27. The first-order valence-electron chi connectivity index (χ1n) is 8.84. The van der Waals surface area contributed by atoms with Gasteiger partial charge in [-0.1, -0.05) is 30.3 Å². The van der Waals surface area contributed by atoms with Crippen molar-refractivity contribution in [1.29, 1.82) is 0 Å². The third-order valence-electron chi connectivity index (χ3n) is 4.83. The maximum Gasteiger partial charge on any atom is 0.373 e. The lowest BCUT2D eigenvalue weighted by Crippen LogP contribution is -2.49. The van der Waals surface area contributed by atoms with Gasteiger partial charge in [0.25, 0.3) is 0 Å². The van der Waals surface area contributed by atoms with E-state index >= 15 is 0 Å². The van der Waals surface area contributed by atoms with E-state index in [0.717, 1.165) is 5.56 Å². The number of furan rings is 1. The van der Waals surface area contributed by atoms with Gasteiger partial charge in [0.05, 0.1) is 18.9 Å². The number of hydrogen-bond acceptors (Lipinski definition) is 6. The summed E-state index contributed by atoms with van der Waals surface area (Å²) in [6.45, 7) is 4.05. The van der Waals surface area contributed by atoms with Crippen LogP contribution in [0.5, 0.6) is 0 Å². The van der Waals surface area contributed by atoms with Gasteiger partial charge in [-0.15, -0.1) is 0 Å². The number of benzene rings is 1. The summed E-state index contributed by atoms with van der Waals surface area (Å²) in [5, 5.41) is 0. The number of carbonyl (C=O) groups is 1. The molecule has 2 heterocycles. The largest absolute Gasteiger partial charge is 0.463 e. The first kappa shape index (κ1) is 19.6. The maximum atomic E-state index is 12.7. The van der Waals surface area contributed by atoms with E-state index in [-0.39, 0.29) is 17.6 Å². The smallest absolute Gasteiger partial charge is 0.373 e. The molecule has 8 heteroatoms. The van der Waals surface area contributed by atoms with Crippen LogP contribution in [0.25, 0.3) is 0 Å². The van der Waals surface area contributed by atoms with E-state index in [1.165, 1.54) is 7.11 Å². The number of nitrogens with zero attached hydrogens (tertiary/aromatic N) is 2. The Balaban J connectivity index is 1.59. The van der Waals surface area contributed by atoms with Crippen LogP contribution in [0.4, 0.5) is 0 Å². The van der Waals surface area contributed by atoms with Gasteiger partial charge in [-0.3, -0.25) is 4.90 Å². The molecule has 1 saturated heterocycles. The van der Waals surface area contributed by atoms with Gasteiger partial charge >= 0.3 is 5.97 Å². The van der Waals surface area contributed by atoms with Crippen molar-refractivity contribution in [1.82, 2.24) is 9.21 Å². The van der Waals surface area contributed by atoms with E-state index in [1.54, 1.807) is 16.4 Å². The summed E-state index contributed by atoms with van der Waals surface area (Å²) >= 11 is 0. The van der Waals surface area contributed by atoms with Crippen molar-refractivity contribution in [3.8, 4) is 0 Å². The van der Waals surface area contributed by atoms with Gasteiger partial charge in [0, 0.05) is 26.2 Å². The molecule has 1 aromatic carbocycles. The first-order chi connectivity index (χ1) is 12.9. The summed E-state index contributed by atoms with van der Waals surface area (Å²) in [6.07, 6.45) is 0. The minimum absolute atomic E-state index is 0.0179. The standard InChI is InChI=1S/C19H24N2O5S/c1-15(17-8-9-18(26-17)19(22)25-2)20-10-12-21(13-11-20)27(23,24)14-16-6-4-3-5-7-16/h3-9,15H,10-14H2,1-2H3. The van der Waals surface area contributed by atoms with Crippen molar-refractivity contribution < 1.29 is 22.4 Å². The quantitative estimate of drug-likeness (QED) is 0.702. The highest BCUT2D eigenvalue weighted by Gasteiger charge is 2.30. The molecule has 3 rings (SSSR count). The Hall–Kier alpha value is -2.16. The summed E-state index contributed by atoms with van der Waals surface area (Å²) in [7, 11) is -2.03. The van der Waals surface area contributed by atoms with Gasteiger partial charge in [-0.2, -0.15) is 4.31 Å². The normalized spacial score (nSPS) is 17.6. The second-order valence-electron chi connectivity index (χ2n) is 6.55. The van der Waals surface area contributed by atoms with Gasteiger partial charge in [-0.25, -0.2) is 13.2 Å². The zero-order chi connectivity index (χ0) is 19.4. The zero-order valence-electron chi connectivity index (χ0n) is 15.5. The minimum Gasteiger partial charge on any atom is -0.463 e. The lowest BCUT2D eigenvalue weighted by Gasteiger charge is -2.36. The Bertz CT molecular complexity index is 871. The molecule has 0 saturated carbocycles. The van der Waals surface area contributed by atoms with Crippen LogP contribution in [0, 0.1) is 0 Å². The van der Waals surface area contributed by atoms with E-state index in [4.69, 9.17) is 4.42 Å². The summed E-state index contributed by atoms with van der Waals surface area (Å²) in [5.74, 6) is 0.342. The number of sulfonamides is 1. The predicted molar refractivity (Wildman–Crippen MR) is 101 cm³/mol. The number of rotatable bonds is 6. The molecule has 2 aromatic rings. The highest BCUT2D eigenvalue weighted by atomic mass is 32.2. The third-order valence-corrected chi connectivity index (χ3v) is 6.68. The van der Waals surface area contributed by atoms with Gasteiger partial charge in [0.2, 0.25) is 15.8 Å². The van der Waals surface area contributed by atoms with E-state index in [9.17, 15) is 13.2 Å². The van der Waals surface area contributed by atoms with Crippen molar-refractivity contribution in [2.45, 2.75) is 18.7 Å². The third kappa shape index (κ3) is 4.58. The summed E-state index contributed by atoms with van der Waals surface area (Å²) in [6, 6.07) is 12.5. The Labute approximate surface area is 159 Å². The second-order valence-corrected chi connectivity index (χ2v) is 8.52. The molecule has 146 valence electrons. The number of hydrogen-bond donors (Lipinski definition) is 0. The molecular weight excluding hydrogens is 368 g/mol. The molecular formula is C19H24N2O5S. The molecule has 1 aliphatic rings. The molecule has 0 spiro atoms. The molecule has 1 aromatic heterocycles. The Morgan fingerprint density at radius 1 is 1.11 bits per heavy atom. The lowest BCUT2D eigenvalue weighted by atomic mass is 10.2. The molecule has 0 aliphatic carbocycles. The first-order valence-corrected chi connectivity index (χ1v) is 10.5. The van der Waals surface area contributed by atoms with E-state index < -0.39 is 16.0 Å². The van der Waals surface area contributed by atoms with Crippen molar-refractivity contribution in [3.05, 3.63) is 59.5 Å². The number of carbonyl (C=O) groups excluding carboxylic acids is 1. The van der Waals surface area contributed by atoms with Gasteiger partial charge in [0.1, 0.15) is 5.76 Å². The topological polar surface area (TPSA) is 80.1 Å². The highest BCUT2D eigenvalue weighted by molar-refractivity contribution is 7.88. The SMILES string of the molecule is COC(=O)c1ccc(C(C)N2CCN(S(=O)(=O)Cc3ccccc3)CC2)o1. The van der Waals surface area contributed by atoms with Crippen molar-refractivity contribution in [2.75, 3.05) is 33.3 Å². The van der Waals surface area contributed by atoms with Crippen molar-refractivity contribution in [3.63, 3.8) is 0 Å². The summed E-state index contributed by atoms with van der Waals surface area (Å²) < 4.78 is 37.1. The zero-order valence-corrected chi connectivity index (χ0v) is 16.3. The number of methoxy groups -OCH3 is 1. The molecule has 0 N–H and O–H groups in total. The fourth-order valence-electron chi connectivity index (χ4n) is 3.21. The Kier molecular flexibility index (Phi) is 5.98. The van der Waals surface area contributed by atoms with E-state index in [0.29, 0.717) is 31.9 Å². The number of esters is 1. The molecule has 1 fully saturated rings. The van der Waals surface area contributed by atoms with E-state index in [1.807, 2.05) is 37.3 Å². The summed E-state index contributed by atoms with van der Waals surface area (Å²) in [4.78, 5) is 13.7. The molecule has 0 bridgehead atoms. The fraction of sp³-hybridized carbons (Fsp3) is 0.421. The molecule has 27 heavy (non-hydrogen) atoms. The molecule has 0 amide bonds. The Morgan fingerprint density at radius 3 is 2.41 bits per heavy atom. The number of ether oxygens (including phenoxy) is 1. The van der Waals surface area contributed by atoms with Crippen molar-refractivity contribution in [2.24, 2.45) is 0 Å². The molecule has 0 radical (unpaired) electrons. The van der Waals surface area contributed by atoms with Gasteiger partial charge in [0.15, 0.2) is 0 Å². The second kappa shape index (κ2) is 8.24. The minimum atomic E-state index is -3.34. The van der Waals surface area contributed by atoms with Crippen LogP contribution < -0.4 is 0 Å². The van der Waals surface area contributed by atoms with Crippen LogP contribution in [-0.4, -0.2) is 56.9 Å². The van der Waals surface area contributed by atoms with Crippen molar-refractivity contribution >= 4 is 16.0 Å². The highest BCUT2D eigenvalue weighted by Crippen LogP contribution is 2.25. The van der Waals surface area contributed by atoms with Crippen LogP contribution in [0.2, 0.25) is 0 Å². The van der Waals surface area contributed by atoms with Gasteiger partial charge < -0.3 is 9.15 Å². The van der Waals surface area contributed by atoms with Crippen LogP contribution in [0.1, 0.15) is 34.8 Å². The Morgan fingerprint density at radius 2 is 1.78 bits per heavy atom. The molecule has 7 nitrogen and oxygen atoms in total. The van der Waals surface area contributed by atoms with Crippen LogP contribution in [-0.2, 0) is 20.5 Å². The maximum absolute atomic E-state index is 12.7. The average Bonchev–Trinajstić information content (AvgIpc) is 3.17. The fourth-order valence-corrected chi connectivity index (χ4v) is 4.73. The van der Waals surface area contributed by atoms with Gasteiger partial charge in [-0.05, 0) is 24.6 Å². The molecule has 1 unspecified atom stereocenters. The molecule has 1 aliphatic heterocycles. The van der Waals surface area contributed by atoms with Crippen LogP contribution in [0.3, 0.4) is 0 Å².